The van der Waals surface area contributed by atoms with E-state index >= 15 is 0 Å². The first-order valence-corrected chi connectivity index (χ1v) is 9.15. The molecule has 4 rings (SSSR count). The monoisotopic (exact) mass is 378 g/mol. The third-order valence-electron chi connectivity index (χ3n) is 3.77. The van der Waals surface area contributed by atoms with Crippen LogP contribution < -0.4 is 5.56 Å². The van der Waals surface area contributed by atoms with Crippen LogP contribution in [0.2, 0.25) is 0 Å². The van der Waals surface area contributed by atoms with Crippen LogP contribution in [0.1, 0.15) is 5.69 Å². The van der Waals surface area contributed by atoms with Crippen LogP contribution in [0.25, 0.3) is 16.7 Å². The minimum absolute atomic E-state index is 0.0522. The van der Waals surface area contributed by atoms with Crippen LogP contribution in [0.5, 0.6) is 0 Å². The summed E-state index contributed by atoms with van der Waals surface area (Å²) in [5.74, 6) is -0.315. The quantitative estimate of drug-likeness (QED) is 0.389. The van der Waals surface area contributed by atoms with E-state index in [1.165, 1.54) is 22.2 Å². The number of pyridine rings is 1. The third kappa shape index (κ3) is 3.95. The minimum atomic E-state index is -0.412. The van der Waals surface area contributed by atoms with E-state index in [1.54, 1.807) is 30.6 Å². The summed E-state index contributed by atoms with van der Waals surface area (Å²) in [4.78, 5) is 37.1. The second-order valence-electron chi connectivity index (χ2n) is 5.66. The van der Waals surface area contributed by atoms with Crippen LogP contribution in [-0.4, -0.2) is 31.1 Å². The van der Waals surface area contributed by atoms with E-state index in [0.29, 0.717) is 16.4 Å². The van der Waals surface area contributed by atoms with Gasteiger partial charge >= 0.3 is 5.97 Å². The van der Waals surface area contributed by atoms with Gasteiger partial charge in [0.25, 0.3) is 5.56 Å². The lowest BCUT2D eigenvalue weighted by molar-refractivity contribution is -0.141. The highest BCUT2D eigenvalue weighted by molar-refractivity contribution is 7.99. The van der Waals surface area contributed by atoms with Crippen molar-refractivity contribution in [2.45, 2.75) is 11.6 Å². The van der Waals surface area contributed by atoms with Gasteiger partial charge in [0.1, 0.15) is 17.3 Å². The summed E-state index contributed by atoms with van der Waals surface area (Å²) in [6.45, 7) is -0.0522. The second-order valence-corrected chi connectivity index (χ2v) is 6.66. The Balaban J connectivity index is 1.37. The van der Waals surface area contributed by atoms with Crippen molar-refractivity contribution in [3.63, 3.8) is 0 Å². The van der Waals surface area contributed by atoms with Crippen LogP contribution >= 0.6 is 11.8 Å². The number of carbonyl (C=O) groups is 1. The molecule has 4 aromatic rings. The Hall–Kier alpha value is -3.26. The first-order valence-electron chi connectivity index (χ1n) is 8.16. The van der Waals surface area contributed by atoms with Gasteiger partial charge in [-0.05, 0) is 24.3 Å². The molecule has 0 bridgehead atoms. The maximum atomic E-state index is 12.0. The highest BCUT2D eigenvalue weighted by Gasteiger charge is 2.09. The normalized spacial score (nSPS) is 11.0. The van der Waals surface area contributed by atoms with Gasteiger partial charge in [0.2, 0.25) is 0 Å². The van der Waals surface area contributed by atoms with Crippen LogP contribution in [0, 0.1) is 0 Å². The maximum absolute atomic E-state index is 12.0. The average molecular weight is 378 g/mol. The molecule has 0 aliphatic heterocycles. The summed E-state index contributed by atoms with van der Waals surface area (Å²) in [6.07, 6.45) is 3.27. The van der Waals surface area contributed by atoms with Gasteiger partial charge in [-0.3, -0.25) is 19.0 Å². The number of carbonyl (C=O) groups excluding carboxylic acids is 1. The molecule has 1 aromatic carbocycles. The molecule has 0 aliphatic rings. The predicted molar refractivity (Wildman–Crippen MR) is 102 cm³/mol. The number of benzene rings is 1. The molecular formula is C19H14N4O3S. The molecule has 0 saturated carbocycles. The Bertz CT molecular complexity index is 1190. The lowest BCUT2D eigenvalue weighted by atomic mass is 10.3. The fourth-order valence-electron chi connectivity index (χ4n) is 2.52. The van der Waals surface area contributed by atoms with E-state index in [-0.39, 0.29) is 17.9 Å². The summed E-state index contributed by atoms with van der Waals surface area (Å²) in [5.41, 5.74) is 2.29. The maximum Gasteiger partial charge on any atom is 0.316 e. The topological polar surface area (TPSA) is 86.5 Å². The molecule has 134 valence electrons. The first-order chi connectivity index (χ1) is 13.2. The molecule has 3 aromatic heterocycles. The van der Waals surface area contributed by atoms with Crippen molar-refractivity contribution < 1.29 is 9.53 Å². The Morgan fingerprint density at radius 3 is 2.78 bits per heavy atom. The Kier molecular flexibility index (Phi) is 4.80. The second kappa shape index (κ2) is 7.55. The number of hydrogen-bond acceptors (Lipinski definition) is 7. The van der Waals surface area contributed by atoms with Crippen molar-refractivity contribution in [2.24, 2.45) is 0 Å². The van der Waals surface area contributed by atoms with E-state index in [4.69, 9.17) is 4.74 Å². The van der Waals surface area contributed by atoms with Crippen molar-refractivity contribution in [3.8, 4) is 0 Å². The highest BCUT2D eigenvalue weighted by atomic mass is 32.2. The molecule has 7 nitrogen and oxygen atoms in total. The fourth-order valence-corrected chi connectivity index (χ4v) is 3.15. The molecule has 0 fully saturated rings. The van der Waals surface area contributed by atoms with Gasteiger partial charge in [-0.15, -0.1) is 0 Å². The Morgan fingerprint density at radius 1 is 1.07 bits per heavy atom. The average Bonchev–Trinajstić information content (AvgIpc) is 2.70. The molecule has 0 aliphatic carbocycles. The molecule has 27 heavy (non-hydrogen) atoms. The van der Waals surface area contributed by atoms with Crippen LogP contribution in [0.15, 0.2) is 70.7 Å². The summed E-state index contributed by atoms with van der Waals surface area (Å²) >= 11 is 1.25. The number of fused-ring (bicyclic) bond motifs is 2. The fraction of sp³-hybridized carbons (Fsp3) is 0.105. The van der Waals surface area contributed by atoms with Gasteiger partial charge in [-0.25, -0.2) is 9.97 Å². The minimum Gasteiger partial charge on any atom is -0.459 e. The SMILES string of the molecule is O=C(CSc1cnc2ccccc2n1)OCc1cc(=O)n2ccccc2n1. The third-order valence-corrected chi connectivity index (χ3v) is 4.64. The van der Waals surface area contributed by atoms with Crippen molar-refractivity contribution in [1.82, 2.24) is 19.4 Å². The number of nitrogens with zero attached hydrogens (tertiary/aromatic N) is 4. The zero-order valence-corrected chi connectivity index (χ0v) is 14.9. The van der Waals surface area contributed by atoms with Gasteiger partial charge in [0.15, 0.2) is 0 Å². The molecule has 0 spiro atoms. The van der Waals surface area contributed by atoms with Gasteiger partial charge in [-0.1, -0.05) is 30.0 Å². The van der Waals surface area contributed by atoms with E-state index in [1.807, 2.05) is 24.3 Å². The molecule has 0 atom stereocenters. The van der Waals surface area contributed by atoms with Gasteiger partial charge < -0.3 is 4.74 Å². The first kappa shape index (κ1) is 17.2. The number of aromatic nitrogens is 4. The van der Waals surface area contributed by atoms with Crippen molar-refractivity contribution in [3.05, 3.63) is 77.0 Å². The summed E-state index contributed by atoms with van der Waals surface area (Å²) in [5, 5.41) is 0.646. The Morgan fingerprint density at radius 2 is 1.89 bits per heavy atom. The summed E-state index contributed by atoms with van der Waals surface area (Å²) in [6, 6.07) is 14.2. The number of ether oxygens (including phenoxy) is 1. The molecular weight excluding hydrogens is 364 g/mol. The summed E-state index contributed by atoms with van der Waals surface area (Å²) in [7, 11) is 0. The van der Waals surface area contributed by atoms with E-state index in [2.05, 4.69) is 15.0 Å². The van der Waals surface area contributed by atoms with Gasteiger partial charge in [0, 0.05) is 12.3 Å². The van der Waals surface area contributed by atoms with Gasteiger partial charge in [0.05, 0.1) is 28.7 Å². The number of hydrogen-bond donors (Lipinski definition) is 0. The molecule has 0 amide bonds. The number of rotatable bonds is 5. The standard InChI is InChI=1S/C19H14N4O3S/c24-18-9-13(21-16-7-3-4-8-23(16)18)11-26-19(25)12-27-17-10-20-14-5-1-2-6-15(14)22-17/h1-10H,11-12H2. The highest BCUT2D eigenvalue weighted by Crippen LogP contribution is 2.18. The molecule has 0 saturated heterocycles. The molecule has 0 unspecified atom stereocenters. The largest absolute Gasteiger partial charge is 0.459 e. The molecule has 8 heteroatoms. The van der Waals surface area contributed by atoms with Crippen molar-refractivity contribution >= 4 is 34.4 Å². The molecule has 3 heterocycles. The zero-order valence-electron chi connectivity index (χ0n) is 14.1. The lowest BCUT2D eigenvalue weighted by Crippen LogP contribution is -2.16. The number of esters is 1. The smallest absolute Gasteiger partial charge is 0.316 e. The van der Waals surface area contributed by atoms with Crippen molar-refractivity contribution in [1.29, 1.82) is 0 Å². The zero-order chi connectivity index (χ0) is 18.6. The number of thioether (sulfide) groups is 1. The predicted octanol–water partition coefficient (Wildman–Crippen LogP) is 2.47. The lowest BCUT2D eigenvalue weighted by Gasteiger charge is -2.06. The molecule has 0 radical (unpaired) electrons. The van der Waals surface area contributed by atoms with Crippen LogP contribution in [-0.2, 0) is 16.1 Å². The van der Waals surface area contributed by atoms with Crippen molar-refractivity contribution in [2.75, 3.05) is 5.75 Å². The number of para-hydroxylation sites is 2. The molecule has 0 N–H and O–H groups in total. The van der Waals surface area contributed by atoms with E-state index in [0.717, 1.165) is 11.0 Å². The van der Waals surface area contributed by atoms with E-state index < -0.39 is 5.97 Å². The van der Waals surface area contributed by atoms with Gasteiger partial charge in [-0.2, -0.15) is 0 Å². The summed E-state index contributed by atoms with van der Waals surface area (Å²) < 4.78 is 6.65. The Labute approximate surface area is 158 Å². The van der Waals surface area contributed by atoms with Crippen LogP contribution in [0.3, 0.4) is 0 Å². The van der Waals surface area contributed by atoms with Crippen LogP contribution in [0.4, 0.5) is 0 Å². The van der Waals surface area contributed by atoms with E-state index in [9.17, 15) is 9.59 Å².